The lowest BCUT2D eigenvalue weighted by Gasteiger charge is -2.26. The second-order valence-electron chi connectivity index (χ2n) is 8.60. The Morgan fingerprint density at radius 3 is 2.56 bits per heavy atom. The molecule has 3 heterocycles. The molecular weight excluding hydrogens is 436 g/mol. The number of nitrogens with one attached hydrogen (secondary N) is 1. The Balaban J connectivity index is 1.61. The minimum absolute atomic E-state index is 0.244. The number of rotatable bonds is 10. The van der Waals surface area contributed by atoms with Crippen molar-refractivity contribution in [3.63, 3.8) is 0 Å². The molecule has 0 radical (unpaired) electrons. The summed E-state index contributed by atoms with van der Waals surface area (Å²) in [4.78, 5) is 46.0. The first-order valence-corrected chi connectivity index (χ1v) is 11.8. The van der Waals surface area contributed by atoms with Gasteiger partial charge in [0.25, 0.3) is 5.56 Å². The lowest BCUT2D eigenvalue weighted by molar-refractivity contribution is -0.121. The quantitative estimate of drug-likeness (QED) is 0.469. The van der Waals surface area contributed by atoms with Crippen LogP contribution in [-0.4, -0.2) is 69.4 Å². The fraction of sp³-hybridized carbons (Fsp3) is 0.500. The molecule has 182 valence electrons. The van der Waals surface area contributed by atoms with E-state index in [1.807, 2.05) is 30.3 Å². The molecule has 1 aliphatic rings. The van der Waals surface area contributed by atoms with Crippen molar-refractivity contribution in [1.29, 1.82) is 0 Å². The van der Waals surface area contributed by atoms with E-state index in [4.69, 9.17) is 4.74 Å². The van der Waals surface area contributed by atoms with Crippen molar-refractivity contribution in [3.8, 4) is 0 Å². The predicted octanol–water partition coefficient (Wildman–Crippen LogP) is 0.657. The van der Waals surface area contributed by atoms with Crippen LogP contribution < -0.4 is 16.6 Å². The van der Waals surface area contributed by atoms with Gasteiger partial charge in [0.05, 0.1) is 19.5 Å². The number of hydrogen-bond donors (Lipinski definition) is 1. The number of nitrogens with zero attached hydrogens (tertiary/aromatic N) is 5. The highest BCUT2D eigenvalue weighted by Crippen LogP contribution is 2.10. The molecule has 4 rings (SSSR count). The van der Waals surface area contributed by atoms with E-state index in [9.17, 15) is 14.4 Å². The van der Waals surface area contributed by atoms with E-state index in [0.717, 1.165) is 29.8 Å². The largest absolute Gasteiger partial charge is 0.383 e. The van der Waals surface area contributed by atoms with Crippen LogP contribution in [0.3, 0.4) is 0 Å². The summed E-state index contributed by atoms with van der Waals surface area (Å²) in [5, 5.41) is 2.86. The summed E-state index contributed by atoms with van der Waals surface area (Å²) < 4.78 is 9.28. The Hall–Kier alpha value is -3.24. The molecule has 0 atom stereocenters. The molecule has 0 spiro atoms. The van der Waals surface area contributed by atoms with Gasteiger partial charge >= 0.3 is 5.69 Å². The van der Waals surface area contributed by atoms with Crippen LogP contribution in [0.1, 0.15) is 24.8 Å². The van der Waals surface area contributed by atoms with Crippen molar-refractivity contribution >= 4 is 17.1 Å². The Morgan fingerprint density at radius 2 is 1.82 bits per heavy atom. The molecule has 34 heavy (non-hydrogen) atoms. The Bertz CT molecular complexity index is 1220. The number of benzene rings is 1. The smallest absolute Gasteiger partial charge is 0.333 e. The number of piperidine rings is 1. The van der Waals surface area contributed by atoms with Gasteiger partial charge in [-0.2, -0.15) is 0 Å². The van der Waals surface area contributed by atoms with E-state index in [1.165, 1.54) is 30.2 Å². The van der Waals surface area contributed by atoms with Crippen LogP contribution in [-0.2, 0) is 29.2 Å². The molecule has 0 aliphatic carbocycles. The van der Waals surface area contributed by atoms with E-state index in [0.29, 0.717) is 25.3 Å². The second-order valence-corrected chi connectivity index (χ2v) is 8.60. The number of imidazole rings is 1. The fourth-order valence-electron chi connectivity index (χ4n) is 4.38. The van der Waals surface area contributed by atoms with Gasteiger partial charge in [-0.3, -0.25) is 14.2 Å². The standard InChI is InChI=1S/C24H32N6O4/c1-34-15-14-28-18-26-22-21(28)23(32)30(24(33)29(22)16-19-8-4-2-5-9-19)17-20(31)25-10-13-27-11-6-3-7-12-27/h2,4-5,8-9,18H,3,6-7,10-17H2,1H3,(H,25,31). The van der Waals surface area contributed by atoms with Crippen molar-refractivity contribution in [2.75, 3.05) is 39.9 Å². The summed E-state index contributed by atoms with van der Waals surface area (Å²) in [7, 11) is 1.58. The maximum absolute atomic E-state index is 13.4. The van der Waals surface area contributed by atoms with E-state index in [-0.39, 0.29) is 24.5 Å². The number of carbonyl (C=O) groups excluding carboxylic acids is 1. The number of aromatic nitrogens is 4. The van der Waals surface area contributed by atoms with Gasteiger partial charge in [0.15, 0.2) is 11.2 Å². The number of fused-ring (bicyclic) bond motifs is 1. The number of ether oxygens (including phenoxy) is 1. The number of hydrogen-bond acceptors (Lipinski definition) is 6. The van der Waals surface area contributed by atoms with Gasteiger partial charge in [-0.15, -0.1) is 0 Å². The van der Waals surface area contributed by atoms with Crippen LogP contribution in [0, 0.1) is 0 Å². The first kappa shape index (κ1) is 23.9. The third kappa shape index (κ3) is 5.45. The zero-order valence-corrected chi connectivity index (χ0v) is 19.6. The SMILES string of the molecule is COCCn1cnc2c1c(=O)n(CC(=O)NCCN1CCCCC1)c(=O)n2Cc1ccccc1. The summed E-state index contributed by atoms with van der Waals surface area (Å²) in [5.41, 5.74) is 0.410. The summed E-state index contributed by atoms with van der Waals surface area (Å²) in [6.45, 7) is 4.05. The Morgan fingerprint density at radius 1 is 1.06 bits per heavy atom. The molecule has 1 aliphatic heterocycles. The molecule has 0 unspecified atom stereocenters. The molecule has 0 saturated carbocycles. The first-order chi connectivity index (χ1) is 16.6. The van der Waals surface area contributed by atoms with Crippen molar-refractivity contribution in [3.05, 3.63) is 63.1 Å². The number of likely N-dealkylation sites (tertiary alicyclic amines) is 1. The molecule has 10 heteroatoms. The van der Waals surface area contributed by atoms with E-state index < -0.39 is 11.2 Å². The van der Waals surface area contributed by atoms with E-state index in [2.05, 4.69) is 15.2 Å². The molecule has 3 aromatic rings. The molecule has 2 aromatic heterocycles. The van der Waals surface area contributed by atoms with Crippen molar-refractivity contribution in [2.45, 2.75) is 38.9 Å². The fourth-order valence-corrected chi connectivity index (χ4v) is 4.38. The molecule has 1 N–H and O–H groups in total. The third-order valence-electron chi connectivity index (χ3n) is 6.20. The molecular formula is C24H32N6O4. The summed E-state index contributed by atoms with van der Waals surface area (Å²) in [5.74, 6) is -0.357. The lowest BCUT2D eigenvalue weighted by Crippen LogP contribution is -2.45. The monoisotopic (exact) mass is 468 g/mol. The number of carbonyl (C=O) groups is 1. The minimum Gasteiger partial charge on any atom is -0.383 e. The molecule has 1 saturated heterocycles. The Kier molecular flexibility index (Phi) is 7.91. The highest BCUT2D eigenvalue weighted by atomic mass is 16.5. The maximum atomic E-state index is 13.4. The third-order valence-corrected chi connectivity index (χ3v) is 6.20. The van der Waals surface area contributed by atoms with Gasteiger partial charge in [0, 0.05) is 26.7 Å². The number of methoxy groups -OCH3 is 1. The van der Waals surface area contributed by atoms with Gasteiger partial charge in [-0.05, 0) is 31.5 Å². The average Bonchev–Trinajstić information content (AvgIpc) is 3.28. The summed E-state index contributed by atoms with van der Waals surface area (Å²) in [6, 6.07) is 9.49. The van der Waals surface area contributed by atoms with Crippen LogP contribution in [0.4, 0.5) is 0 Å². The van der Waals surface area contributed by atoms with E-state index >= 15 is 0 Å². The highest BCUT2D eigenvalue weighted by molar-refractivity contribution is 5.76. The van der Waals surface area contributed by atoms with Crippen LogP contribution in [0.25, 0.3) is 11.2 Å². The van der Waals surface area contributed by atoms with Gasteiger partial charge in [-0.1, -0.05) is 36.8 Å². The molecule has 0 bridgehead atoms. The van der Waals surface area contributed by atoms with Gasteiger partial charge in [-0.25, -0.2) is 14.3 Å². The van der Waals surface area contributed by atoms with Crippen molar-refractivity contribution in [2.24, 2.45) is 0 Å². The summed E-state index contributed by atoms with van der Waals surface area (Å²) in [6.07, 6.45) is 5.15. The van der Waals surface area contributed by atoms with Gasteiger partial charge in [0.2, 0.25) is 5.91 Å². The van der Waals surface area contributed by atoms with E-state index in [1.54, 1.807) is 11.7 Å². The van der Waals surface area contributed by atoms with Crippen LogP contribution >= 0.6 is 0 Å². The highest BCUT2D eigenvalue weighted by Gasteiger charge is 2.20. The molecule has 10 nitrogen and oxygen atoms in total. The molecule has 1 amide bonds. The van der Waals surface area contributed by atoms with Gasteiger partial charge < -0.3 is 19.5 Å². The normalized spacial score (nSPS) is 14.5. The zero-order valence-electron chi connectivity index (χ0n) is 19.6. The summed E-state index contributed by atoms with van der Waals surface area (Å²) >= 11 is 0. The zero-order chi connectivity index (χ0) is 23.9. The van der Waals surface area contributed by atoms with Gasteiger partial charge in [0.1, 0.15) is 6.54 Å². The molecule has 1 fully saturated rings. The number of amides is 1. The molecule has 1 aromatic carbocycles. The van der Waals surface area contributed by atoms with Crippen LogP contribution in [0.15, 0.2) is 46.2 Å². The lowest BCUT2D eigenvalue weighted by atomic mass is 10.1. The average molecular weight is 469 g/mol. The topological polar surface area (TPSA) is 103 Å². The minimum atomic E-state index is -0.551. The van der Waals surface area contributed by atoms with Crippen molar-refractivity contribution < 1.29 is 9.53 Å². The van der Waals surface area contributed by atoms with Crippen LogP contribution in [0.5, 0.6) is 0 Å². The first-order valence-electron chi connectivity index (χ1n) is 11.8. The Labute approximate surface area is 197 Å². The maximum Gasteiger partial charge on any atom is 0.333 e. The second kappa shape index (κ2) is 11.3. The van der Waals surface area contributed by atoms with Crippen molar-refractivity contribution in [1.82, 2.24) is 28.9 Å². The van der Waals surface area contributed by atoms with Crippen LogP contribution in [0.2, 0.25) is 0 Å². The predicted molar refractivity (Wildman–Crippen MR) is 129 cm³/mol.